The third kappa shape index (κ3) is 5.67. The molecule has 0 spiro atoms. The van der Waals surface area contributed by atoms with Crippen molar-refractivity contribution in [3.8, 4) is 5.69 Å². The molecule has 3 aromatic rings. The molecule has 12 heteroatoms. The van der Waals surface area contributed by atoms with Crippen molar-refractivity contribution < 1.29 is 37.4 Å². The molecule has 9 nitrogen and oxygen atoms in total. The number of aromatic nitrogens is 3. The highest BCUT2D eigenvalue weighted by atomic mass is 19.4. The first-order valence-corrected chi connectivity index (χ1v) is 8.30. The summed E-state index contributed by atoms with van der Waals surface area (Å²) in [5.41, 5.74) is 3.78. The number of benzene rings is 1. The lowest BCUT2D eigenvalue weighted by atomic mass is 10.2. The molecule has 0 radical (unpaired) electrons. The monoisotopic (exact) mass is 426 g/mol. The van der Waals surface area contributed by atoms with E-state index in [-0.39, 0.29) is 18.2 Å². The fourth-order valence-electron chi connectivity index (χ4n) is 2.15. The summed E-state index contributed by atoms with van der Waals surface area (Å²) in [4.78, 5) is 29.1. The number of nitrogens with one attached hydrogen (secondary N) is 1. The molecule has 1 aromatic carbocycles. The Morgan fingerprint density at radius 3 is 2.23 bits per heavy atom. The predicted molar refractivity (Wildman–Crippen MR) is 97.1 cm³/mol. The van der Waals surface area contributed by atoms with E-state index in [1.165, 1.54) is 6.26 Å². The van der Waals surface area contributed by atoms with Crippen LogP contribution in [0, 0.1) is 13.8 Å². The van der Waals surface area contributed by atoms with E-state index in [2.05, 4.69) is 15.3 Å². The fourth-order valence-corrected chi connectivity index (χ4v) is 2.15. The Hall–Kier alpha value is -3.67. The third-order valence-electron chi connectivity index (χ3n) is 3.82. The van der Waals surface area contributed by atoms with Crippen LogP contribution in [0.3, 0.4) is 0 Å². The minimum Gasteiger partial charge on any atom is -0.475 e. The van der Waals surface area contributed by atoms with Crippen molar-refractivity contribution >= 4 is 17.6 Å². The topological polar surface area (TPSA) is 130 Å². The maximum absolute atomic E-state index is 12.0. The number of anilines is 1. The Kier molecular flexibility index (Phi) is 6.95. The number of aliphatic hydroxyl groups is 1. The Labute approximate surface area is 167 Å². The van der Waals surface area contributed by atoms with Crippen LogP contribution in [0.25, 0.3) is 5.69 Å². The zero-order chi connectivity index (χ0) is 22.5. The van der Waals surface area contributed by atoms with Crippen LogP contribution in [0.15, 0.2) is 41.3 Å². The van der Waals surface area contributed by atoms with Crippen molar-refractivity contribution in [3.05, 3.63) is 59.8 Å². The number of aryl methyl sites for hydroxylation is 1. The summed E-state index contributed by atoms with van der Waals surface area (Å²) >= 11 is 0. The second kappa shape index (κ2) is 9.22. The molecule has 0 saturated carbocycles. The second-order valence-electron chi connectivity index (χ2n) is 5.87. The highest BCUT2D eigenvalue weighted by molar-refractivity contribution is 6.02. The molecule has 3 rings (SSSR count). The number of hydrogen-bond donors (Lipinski definition) is 3. The van der Waals surface area contributed by atoms with Crippen LogP contribution < -0.4 is 5.32 Å². The second-order valence-corrected chi connectivity index (χ2v) is 5.87. The fraction of sp³-hybridized carbons (Fsp3) is 0.222. The molecule has 0 aliphatic heterocycles. The molecule has 0 bridgehead atoms. The number of carbonyl (C=O) groups is 2. The van der Waals surface area contributed by atoms with Gasteiger partial charge in [-0.2, -0.15) is 13.2 Å². The minimum atomic E-state index is -5.08. The first-order chi connectivity index (χ1) is 14.0. The number of hydrogen-bond acceptors (Lipinski definition) is 6. The SMILES string of the molecule is Cc1ncn(-c2ccc(NC(=O)c3coc(CO)n3)cc2)c1C.O=C(O)C(F)(F)F. The number of carboxylic acid groups (broad SMARTS) is 1. The molecule has 0 saturated heterocycles. The molecule has 0 aliphatic rings. The summed E-state index contributed by atoms with van der Waals surface area (Å²) in [5.74, 6) is -3.04. The number of aliphatic carboxylic acids is 1. The average Bonchev–Trinajstić information content (AvgIpc) is 3.30. The van der Waals surface area contributed by atoms with E-state index < -0.39 is 18.1 Å². The normalized spacial score (nSPS) is 10.9. The van der Waals surface area contributed by atoms with Crippen molar-refractivity contribution in [2.45, 2.75) is 26.6 Å². The number of halogens is 3. The van der Waals surface area contributed by atoms with Crippen LogP contribution in [-0.2, 0) is 11.4 Å². The Morgan fingerprint density at radius 1 is 1.20 bits per heavy atom. The molecule has 3 N–H and O–H groups in total. The lowest BCUT2D eigenvalue weighted by molar-refractivity contribution is -0.192. The molecular weight excluding hydrogens is 409 g/mol. The molecule has 160 valence electrons. The summed E-state index contributed by atoms with van der Waals surface area (Å²) in [5, 5.41) is 18.7. The van der Waals surface area contributed by atoms with Gasteiger partial charge in [0.25, 0.3) is 5.91 Å². The smallest absolute Gasteiger partial charge is 0.475 e. The maximum Gasteiger partial charge on any atom is 0.490 e. The van der Waals surface area contributed by atoms with Crippen LogP contribution in [0.2, 0.25) is 0 Å². The van der Waals surface area contributed by atoms with E-state index in [4.69, 9.17) is 19.4 Å². The van der Waals surface area contributed by atoms with Gasteiger partial charge in [0.2, 0.25) is 5.89 Å². The largest absolute Gasteiger partial charge is 0.490 e. The quantitative estimate of drug-likeness (QED) is 0.585. The van der Waals surface area contributed by atoms with E-state index >= 15 is 0 Å². The number of rotatable bonds is 4. The molecule has 0 atom stereocenters. The van der Waals surface area contributed by atoms with Crippen LogP contribution >= 0.6 is 0 Å². The zero-order valence-electron chi connectivity index (χ0n) is 15.8. The van der Waals surface area contributed by atoms with Gasteiger partial charge in [-0.1, -0.05) is 0 Å². The Morgan fingerprint density at radius 2 is 1.80 bits per heavy atom. The molecule has 2 aromatic heterocycles. The van der Waals surface area contributed by atoms with Crippen molar-refractivity contribution in [3.63, 3.8) is 0 Å². The van der Waals surface area contributed by atoms with Crippen molar-refractivity contribution in [1.82, 2.24) is 14.5 Å². The number of amides is 1. The molecule has 0 unspecified atom stereocenters. The first kappa shape index (κ1) is 22.6. The third-order valence-corrected chi connectivity index (χ3v) is 3.82. The van der Waals surface area contributed by atoms with Crippen molar-refractivity contribution in [1.29, 1.82) is 0 Å². The van der Waals surface area contributed by atoms with E-state index in [0.717, 1.165) is 17.1 Å². The number of alkyl halides is 3. The number of carbonyl (C=O) groups excluding carboxylic acids is 1. The first-order valence-electron chi connectivity index (χ1n) is 8.30. The summed E-state index contributed by atoms with van der Waals surface area (Å²) in [6.07, 6.45) is -2.10. The van der Waals surface area contributed by atoms with Crippen LogP contribution in [0.1, 0.15) is 27.8 Å². The maximum atomic E-state index is 12.0. The van der Waals surface area contributed by atoms with Crippen molar-refractivity contribution in [2.24, 2.45) is 0 Å². The summed E-state index contributed by atoms with van der Waals surface area (Å²) in [6, 6.07) is 7.39. The predicted octanol–water partition coefficient (Wildman–Crippen LogP) is 2.86. The molecule has 30 heavy (non-hydrogen) atoms. The zero-order valence-corrected chi connectivity index (χ0v) is 15.8. The Balaban J connectivity index is 0.000000396. The van der Waals surface area contributed by atoms with Crippen LogP contribution in [-0.4, -0.2) is 42.8 Å². The van der Waals surface area contributed by atoms with Gasteiger partial charge in [0.15, 0.2) is 5.69 Å². The standard InChI is InChI=1S/C16H16N4O3.C2HF3O2/c1-10-11(2)20(9-17-10)13-5-3-12(4-6-13)18-16(22)14-8-23-15(7-21)19-14;3-2(4,5)1(6)7/h3-6,8-9,21H,7H2,1-2H3,(H,18,22);(H,6,7). The number of nitrogens with zero attached hydrogens (tertiary/aromatic N) is 3. The highest BCUT2D eigenvalue weighted by Gasteiger charge is 2.38. The molecule has 1 amide bonds. The number of carboxylic acids is 1. The minimum absolute atomic E-state index is 0.108. The van der Waals surface area contributed by atoms with Crippen LogP contribution in [0.4, 0.5) is 18.9 Å². The van der Waals surface area contributed by atoms with Gasteiger partial charge in [-0.05, 0) is 38.1 Å². The van der Waals surface area contributed by atoms with E-state index in [1.54, 1.807) is 18.5 Å². The van der Waals surface area contributed by atoms with Gasteiger partial charge in [0.05, 0.1) is 12.0 Å². The van der Waals surface area contributed by atoms with E-state index in [1.807, 2.05) is 30.5 Å². The number of oxazole rings is 1. The van der Waals surface area contributed by atoms with E-state index in [0.29, 0.717) is 5.69 Å². The van der Waals surface area contributed by atoms with Crippen molar-refractivity contribution in [2.75, 3.05) is 5.32 Å². The summed E-state index contributed by atoms with van der Waals surface area (Å²) in [6.45, 7) is 3.62. The average molecular weight is 426 g/mol. The van der Waals surface area contributed by atoms with Gasteiger partial charge < -0.3 is 24.5 Å². The summed E-state index contributed by atoms with van der Waals surface area (Å²) in [7, 11) is 0. The van der Waals surface area contributed by atoms with Crippen LogP contribution in [0.5, 0.6) is 0 Å². The number of imidazole rings is 1. The van der Waals surface area contributed by atoms with Gasteiger partial charge in [-0.3, -0.25) is 4.79 Å². The van der Waals surface area contributed by atoms with Gasteiger partial charge >= 0.3 is 12.1 Å². The molecule has 2 heterocycles. The highest BCUT2D eigenvalue weighted by Crippen LogP contribution is 2.17. The number of aliphatic hydroxyl groups excluding tert-OH is 1. The lowest BCUT2D eigenvalue weighted by Crippen LogP contribution is -2.21. The van der Waals surface area contributed by atoms with E-state index in [9.17, 15) is 18.0 Å². The summed E-state index contributed by atoms with van der Waals surface area (Å²) < 4.78 is 38.6. The Bertz CT molecular complexity index is 1030. The van der Waals surface area contributed by atoms with Gasteiger partial charge in [0.1, 0.15) is 12.9 Å². The molecular formula is C18H17F3N4O5. The molecule has 0 fully saturated rings. The lowest BCUT2D eigenvalue weighted by Gasteiger charge is -2.07. The molecule has 0 aliphatic carbocycles. The van der Waals surface area contributed by atoms with Gasteiger partial charge in [0, 0.05) is 17.1 Å². The van der Waals surface area contributed by atoms with Gasteiger partial charge in [-0.15, -0.1) is 0 Å². The van der Waals surface area contributed by atoms with Gasteiger partial charge in [-0.25, -0.2) is 14.8 Å².